The van der Waals surface area contributed by atoms with E-state index < -0.39 is 17.9 Å². The summed E-state index contributed by atoms with van der Waals surface area (Å²) in [5.74, 6) is -1.28. The molecule has 4 N–H and O–H groups in total. The molecule has 1 aliphatic rings. The molecule has 1 aliphatic heterocycles. The van der Waals surface area contributed by atoms with Crippen LogP contribution in [-0.4, -0.2) is 23.6 Å². The average Bonchev–Trinajstić information content (AvgIpc) is 1.98. The lowest BCUT2D eigenvalue weighted by Crippen LogP contribution is -2.33. The number of carbonyl (C=O) groups excluding carboxylic acids is 2. The van der Waals surface area contributed by atoms with Gasteiger partial charge in [0.15, 0.2) is 0 Å². The Morgan fingerprint density at radius 2 is 2.11 bits per heavy atom. The summed E-state index contributed by atoms with van der Waals surface area (Å²) in [4.78, 5) is 20.8. The minimum atomic E-state index is -1.06. The molecule has 1 rings (SSSR count). The van der Waals surface area contributed by atoms with Crippen molar-refractivity contribution in [3.63, 3.8) is 0 Å². The zero-order chi connectivity index (χ0) is 7.02. The summed E-state index contributed by atoms with van der Waals surface area (Å²) >= 11 is 0. The van der Waals surface area contributed by atoms with E-state index in [9.17, 15) is 9.59 Å². The van der Waals surface area contributed by atoms with Crippen LogP contribution in [0.4, 0.5) is 0 Å². The van der Waals surface area contributed by atoms with Gasteiger partial charge in [-0.05, 0) is 0 Å². The van der Waals surface area contributed by atoms with Crippen molar-refractivity contribution in [1.82, 2.24) is 5.32 Å². The summed E-state index contributed by atoms with van der Waals surface area (Å²) < 4.78 is 0. The van der Waals surface area contributed by atoms with Gasteiger partial charge in [-0.3, -0.25) is 20.3 Å². The van der Waals surface area contributed by atoms with E-state index in [1.54, 1.807) is 0 Å². The zero-order valence-electron chi connectivity index (χ0n) is 4.47. The normalized spacial score (nSPS) is 26.8. The van der Waals surface area contributed by atoms with Crippen molar-refractivity contribution in [2.75, 3.05) is 0 Å². The van der Waals surface area contributed by atoms with Gasteiger partial charge in [0.2, 0.25) is 5.91 Å². The fourth-order valence-corrected chi connectivity index (χ4v) is 0.529. The largest absolute Gasteiger partial charge is 0.315 e. The average molecular weight is 127 g/mol. The monoisotopic (exact) mass is 127 g/mol. The number of hydrogen-bond acceptors (Lipinski definition) is 4. The van der Waals surface area contributed by atoms with Crippen LogP contribution in [0.15, 0.2) is 0 Å². The third-order valence-electron chi connectivity index (χ3n) is 1.07. The Morgan fingerprint density at radius 3 is 2.22 bits per heavy atom. The molecular formula is C4H5N3O2. The van der Waals surface area contributed by atoms with Gasteiger partial charge >= 0.3 is 0 Å². The van der Waals surface area contributed by atoms with Crippen LogP contribution in [0.25, 0.3) is 0 Å². The lowest BCUT2D eigenvalue weighted by molar-refractivity contribution is -0.124. The van der Waals surface area contributed by atoms with Gasteiger partial charge in [0.25, 0.3) is 5.91 Å². The summed E-state index contributed by atoms with van der Waals surface area (Å²) in [5, 5.41) is 8.72. The summed E-state index contributed by atoms with van der Waals surface area (Å²) in [7, 11) is 0. The Morgan fingerprint density at radius 1 is 1.56 bits per heavy atom. The first-order chi connectivity index (χ1) is 4.13. The van der Waals surface area contributed by atoms with Gasteiger partial charge < -0.3 is 5.73 Å². The van der Waals surface area contributed by atoms with Crippen molar-refractivity contribution in [1.29, 1.82) is 5.41 Å². The van der Waals surface area contributed by atoms with Crippen LogP contribution in [0.5, 0.6) is 0 Å². The zero-order valence-corrected chi connectivity index (χ0v) is 4.47. The molecule has 0 bridgehead atoms. The molecule has 2 amide bonds. The molecule has 1 heterocycles. The molecule has 1 fully saturated rings. The molecule has 0 aromatic heterocycles. The maximum absolute atomic E-state index is 10.4. The number of imide groups is 1. The predicted molar refractivity (Wildman–Crippen MR) is 28.9 cm³/mol. The topological polar surface area (TPSA) is 96.0 Å². The molecule has 0 aromatic carbocycles. The van der Waals surface area contributed by atoms with Crippen LogP contribution in [-0.2, 0) is 9.59 Å². The first kappa shape index (κ1) is 5.90. The smallest absolute Gasteiger partial charge is 0.273 e. The van der Waals surface area contributed by atoms with E-state index >= 15 is 0 Å². The Balaban J connectivity index is 2.90. The van der Waals surface area contributed by atoms with Crippen molar-refractivity contribution in [3.8, 4) is 0 Å². The fraction of sp³-hybridized carbons (Fsp3) is 0.250. The van der Waals surface area contributed by atoms with Crippen molar-refractivity contribution in [2.45, 2.75) is 6.04 Å². The van der Waals surface area contributed by atoms with Crippen molar-refractivity contribution >= 4 is 17.5 Å². The second-order valence-electron chi connectivity index (χ2n) is 1.71. The van der Waals surface area contributed by atoms with Crippen LogP contribution in [0.1, 0.15) is 0 Å². The lowest BCUT2D eigenvalue weighted by atomic mass is 10.2. The molecular weight excluding hydrogens is 122 g/mol. The molecule has 5 heteroatoms. The maximum atomic E-state index is 10.4. The summed E-state index contributed by atoms with van der Waals surface area (Å²) in [6.07, 6.45) is 0. The van der Waals surface area contributed by atoms with Crippen LogP contribution in [0.2, 0.25) is 0 Å². The second-order valence-corrected chi connectivity index (χ2v) is 1.71. The minimum absolute atomic E-state index is 0.361. The maximum Gasteiger partial charge on any atom is 0.273 e. The first-order valence-corrected chi connectivity index (χ1v) is 2.32. The van der Waals surface area contributed by atoms with E-state index in [4.69, 9.17) is 11.1 Å². The number of nitrogens with one attached hydrogen (secondary N) is 2. The summed E-state index contributed by atoms with van der Waals surface area (Å²) in [6.45, 7) is 0. The van der Waals surface area contributed by atoms with Gasteiger partial charge in [-0.25, -0.2) is 0 Å². The predicted octanol–water partition coefficient (Wildman–Crippen LogP) is -2.01. The molecule has 5 nitrogen and oxygen atoms in total. The number of hydrogen-bond donors (Lipinski definition) is 3. The van der Waals surface area contributed by atoms with Gasteiger partial charge in [-0.2, -0.15) is 0 Å². The highest BCUT2D eigenvalue weighted by Crippen LogP contribution is 1.92. The van der Waals surface area contributed by atoms with Crippen molar-refractivity contribution in [3.05, 3.63) is 0 Å². The van der Waals surface area contributed by atoms with E-state index in [1.165, 1.54) is 0 Å². The van der Waals surface area contributed by atoms with E-state index in [0.717, 1.165) is 0 Å². The Hall–Kier alpha value is -1.23. The fourth-order valence-electron chi connectivity index (χ4n) is 0.529. The molecule has 1 atom stereocenters. The Labute approximate surface area is 50.7 Å². The van der Waals surface area contributed by atoms with Gasteiger partial charge in [-0.15, -0.1) is 0 Å². The molecule has 48 valence electrons. The molecule has 1 unspecified atom stereocenters. The molecule has 0 radical (unpaired) electrons. The quantitative estimate of drug-likeness (QED) is 0.328. The second kappa shape index (κ2) is 1.63. The number of nitrogens with two attached hydrogens (primary N) is 1. The first-order valence-electron chi connectivity index (χ1n) is 2.32. The van der Waals surface area contributed by atoms with E-state index in [2.05, 4.69) is 0 Å². The van der Waals surface area contributed by atoms with Crippen LogP contribution < -0.4 is 11.1 Å². The minimum Gasteiger partial charge on any atom is -0.315 e. The van der Waals surface area contributed by atoms with E-state index in [-0.39, 0.29) is 5.71 Å². The molecule has 9 heavy (non-hydrogen) atoms. The highest BCUT2D eigenvalue weighted by atomic mass is 16.2. The van der Waals surface area contributed by atoms with Gasteiger partial charge in [0.1, 0.15) is 11.8 Å². The summed E-state index contributed by atoms with van der Waals surface area (Å²) in [6, 6.07) is -1.06. The van der Waals surface area contributed by atoms with Crippen molar-refractivity contribution in [2.24, 2.45) is 5.73 Å². The van der Waals surface area contributed by atoms with Crippen LogP contribution in [0, 0.1) is 5.41 Å². The van der Waals surface area contributed by atoms with Crippen LogP contribution in [0.3, 0.4) is 0 Å². The highest BCUT2D eigenvalue weighted by molar-refractivity contribution is 6.50. The molecule has 1 saturated heterocycles. The molecule has 0 spiro atoms. The highest BCUT2D eigenvalue weighted by Gasteiger charge is 2.33. The third-order valence-corrected chi connectivity index (χ3v) is 1.07. The molecule has 0 aliphatic carbocycles. The lowest BCUT2D eigenvalue weighted by Gasteiger charge is -1.91. The third kappa shape index (κ3) is 0.706. The van der Waals surface area contributed by atoms with Gasteiger partial charge in [0, 0.05) is 0 Å². The van der Waals surface area contributed by atoms with Gasteiger partial charge in [-0.1, -0.05) is 0 Å². The molecule has 0 aromatic rings. The van der Waals surface area contributed by atoms with Crippen LogP contribution >= 0.6 is 0 Å². The summed E-state index contributed by atoms with van der Waals surface area (Å²) in [5.41, 5.74) is 4.69. The molecule has 0 saturated carbocycles. The van der Waals surface area contributed by atoms with Gasteiger partial charge in [0.05, 0.1) is 0 Å². The Bertz CT molecular complexity index is 198. The van der Waals surface area contributed by atoms with E-state index in [1.807, 2.05) is 5.32 Å². The SMILES string of the molecule is N=C1C(=O)NC(=O)C1N. The van der Waals surface area contributed by atoms with E-state index in [0.29, 0.717) is 0 Å². The number of carbonyl (C=O) groups is 2. The number of rotatable bonds is 0. The number of amides is 2. The Kier molecular flexibility index (Phi) is 1.07. The van der Waals surface area contributed by atoms with Crippen molar-refractivity contribution < 1.29 is 9.59 Å². The standard InChI is InChI=1S/C4H5N3O2/c5-1-2(6)4(9)7-3(1)8/h1,6H,5H2,(H,7,8,9).